The zero-order chi connectivity index (χ0) is 9.23. The zero-order valence-electron chi connectivity index (χ0n) is 9.10. The van der Waals surface area contributed by atoms with Gasteiger partial charge in [-0.2, -0.15) is 0 Å². The topological polar surface area (TPSA) is 3.24 Å². The van der Waals surface area contributed by atoms with Crippen LogP contribution in [0.15, 0.2) is 0 Å². The molecule has 0 aromatic carbocycles. The Bertz CT molecular complexity index is 82.6. The highest BCUT2D eigenvalue weighted by Gasteiger charge is 2.01. The number of hydrogen-bond donors (Lipinski definition) is 0. The van der Waals surface area contributed by atoms with Gasteiger partial charge in [0, 0.05) is 9.52 Å². The molecule has 0 amide bonds. The van der Waals surface area contributed by atoms with Crippen molar-refractivity contribution in [1.82, 2.24) is 4.57 Å². The summed E-state index contributed by atoms with van der Waals surface area (Å²) < 4.78 is 2.75. The fraction of sp³-hybridized carbons (Fsp3) is 1.00. The van der Waals surface area contributed by atoms with Crippen molar-refractivity contribution in [3.05, 3.63) is 0 Å². The minimum Gasteiger partial charge on any atom is -0.329 e. The molecule has 12 heavy (non-hydrogen) atoms. The molecule has 0 aliphatic carbocycles. The van der Waals surface area contributed by atoms with E-state index < -0.39 is 0 Å². The maximum Gasteiger partial charge on any atom is 0.0947 e. The zero-order valence-corrected chi connectivity index (χ0v) is 11.9. The largest absolute Gasteiger partial charge is 0.329 e. The van der Waals surface area contributed by atoms with Crippen molar-refractivity contribution in [1.29, 1.82) is 0 Å². The molecule has 0 N–H and O–H groups in total. The van der Waals surface area contributed by atoms with Crippen LogP contribution in [0, 0.1) is 0 Å². The van der Waals surface area contributed by atoms with E-state index in [1.54, 1.807) is 12.1 Å². The van der Waals surface area contributed by atoms with E-state index in [4.69, 9.17) is 0 Å². The number of hydrogen-bond acceptors (Lipinski definition) is 1. The van der Waals surface area contributed by atoms with Crippen LogP contribution >= 0.6 is 0 Å². The van der Waals surface area contributed by atoms with Crippen molar-refractivity contribution in [2.75, 3.05) is 13.1 Å². The van der Waals surface area contributed by atoms with E-state index in [0.29, 0.717) is 9.52 Å². The van der Waals surface area contributed by atoms with Gasteiger partial charge in [-0.3, -0.25) is 0 Å². The monoisotopic (exact) mass is 203 g/mol. The highest BCUT2D eigenvalue weighted by Crippen LogP contribution is 1.97. The molecule has 0 saturated carbocycles. The molecule has 0 heterocycles. The Kier molecular flexibility index (Phi) is 9.79. The molecule has 1 nitrogen and oxygen atoms in total. The van der Waals surface area contributed by atoms with Crippen LogP contribution in [0.5, 0.6) is 0 Å². The fourth-order valence-electron chi connectivity index (χ4n) is 1.55. The third kappa shape index (κ3) is 7.07. The number of nitrogens with zero attached hydrogens (tertiary/aromatic N) is 1. The standard InChI is InChI=1S/C9H25NSi2/c1-4-6-10(7-5-2)12-9-8-11-3/h4-9,11-12H2,1-3H3. The first-order valence-corrected chi connectivity index (χ1v) is 9.62. The first-order chi connectivity index (χ1) is 5.85. The third-order valence-corrected chi connectivity index (χ3v) is 6.45. The lowest BCUT2D eigenvalue weighted by Crippen LogP contribution is -2.29. The minimum absolute atomic E-state index is 0.160. The molecule has 0 aromatic rings. The second-order valence-corrected chi connectivity index (χ2v) is 7.30. The lowest BCUT2D eigenvalue weighted by Gasteiger charge is -2.20. The highest BCUT2D eigenvalue weighted by atomic mass is 28.2. The van der Waals surface area contributed by atoms with E-state index in [9.17, 15) is 0 Å². The van der Waals surface area contributed by atoms with E-state index in [-0.39, 0.29) is 9.68 Å². The van der Waals surface area contributed by atoms with Crippen molar-refractivity contribution in [3.63, 3.8) is 0 Å². The molecule has 0 bridgehead atoms. The summed E-state index contributed by atoms with van der Waals surface area (Å²) in [6, 6.07) is 3.18. The van der Waals surface area contributed by atoms with Crippen LogP contribution in [0.1, 0.15) is 26.7 Å². The summed E-state index contributed by atoms with van der Waals surface area (Å²) in [4.78, 5) is 0. The summed E-state index contributed by atoms with van der Waals surface area (Å²) in [5.41, 5.74) is 0. The highest BCUT2D eigenvalue weighted by molar-refractivity contribution is 6.39. The van der Waals surface area contributed by atoms with Gasteiger partial charge in [0.2, 0.25) is 0 Å². The summed E-state index contributed by atoms with van der Waals surface area (Å²) >= 11 is 0. The van der Waals surface area contributed by atoms with Crippen LogP contribution in [0.4, 0.5) is 0 Å². The average Bonchev–Trinajstić information content (AvgIpc) is 2.06. The average molecular weight is 203 g/mol. The first kappa shape index (κ1) is 12.4. The Hall–Kier alpha value is 0.394. The molecule has 0 unspecified atom stereocenters. The normalized spacial score (nSPS) is 13.0. The molecule has 0 radical (unpaired) electrons. The van der Waals surface area contributed by atoms with Crippen LogP contribution in [0.2, 0.25) is 18.6 Å². The van der Waals surface area contributed by atoms with Gasteiger partial charge >= 0.3 is 0 Å². The van der Waals surface area contributed by atoms with Crippen molar-refractivity contribution in [3.8, 4) is 0 Å². The molecule has 0 aliphatic heterocycles. The Morgan fingerprint density at radius 3 is 2.00 bits per heavy atom. The van der Waals surface area contributed by atoms with Gasteiger partial charge in [0.15, 0.2) is 0 Å². The second-order valence-electron chi connectivity index (χ2n) is 3.55. The van der Waals surface area contributed by atoms with Gasteiger partial charge < -0.3 is 4.57 Å². The van der Waals surface area contributed by atoms with Gasteiger partial charge in [-0.05, 0) is 25.9 Å². The first-order valence-electron chi connectivity index (χ1n) is 5.57. The summed E-state index contributed by atoms with van der Waals surface area (Å²) in [6.45, 7) is 9.76. The maximum absolute atomic E-state index is 2.75. The Balaban J connectivity index is 3.34. The van der Waals surface area contributed by atoms with E-state index >= 15 is 0 Å². The molecule has 0 atom stereocenters. The lowest BCUT2D eigenvalue weighted by atomic mass is 10.4. The molecule has 0 rings (SSSR count). The van der Waals surface area contributed by atoms with Gasteiger partial charge in [0.05, 0.1) is 9.68 Å². The van der Waals surface area contributed by atoms with Crippen molar-refractivity contribution in [2.45, 2.75) is 45.3 Å². The van der Waals surface area contributed by atoms with Crippen LogP contribution in [0.25, 0.3) is 0 Å². The van der Waals surface area contributed by atoms with Crippen LogP contribution < -0.4 is 0 Å². The van der Waals surface area contributed by atoms with Crippen molar-refractivity contribution in [2.24, 2.45) is 0 Å². The summed E-state index contributed by atoms with van der Waals surface area (Å²) in [5, 5.41) is 0. The third-order valence-electron chi connectivity index (χ3n) is 2.16. The van der Waals surface area contributed by atoms with Crippen LogP contribution in [-0.4, -0.2) is 36.9 Å². The number of rotatable bonds is 8. The van der Waals surface area contributed by atoms with E-state index in [2.05, 4.69) is 25.0 Å². The van der Waals surface area contributed by atoms with Gasteiger partial charge in [-0.15, -0.1) is 0 Å². The Morgan fingerprint density at radius 1 is 1.00 bits per heavy atom. The Labute approximate surface area is 82.6 Å². The molecule has 74 valence electrons. The van der Waals surface area contributed by atoms with Gasteiger partial charge in [0.1, 0.15) is 0 Å². The predicted octanol–water partition coefficient (Wildman–Crippen LogP) is 1.25. The quantitative estimate of drug-likeness (QED) is 0.424. The molecule has 0 spiro atoms. The van der Waals surface area contributed by atoms with Crippen molar-refractivity contribution < 1.29 is 0 Å². The van der Waals surface area contributed by atoms with E-state index in [1.807, 2.05) is 0 Å². The Morgan fingerprint density at radius 2 is 1.58 bits per heavy atom. The predicted molar refractivity (Wildman–Crippen MR) is 64.7 cm³/mol. The SMILES string of the molecule is CCCN(CCC)[SiH2]CC[SiH2]C. The fourth-order valence-corrected chi connectivity index (χ4v) is 5.97. The molecule has 3 heteroatoms. The van der Waals surface area contributed by atoms with Gasteiger partial charge in [-0.25, -0.2) is 0 Å². The molecule has 0 saturated heterocycles. The van der Waals surface area contributed by atoms with Gasteiger partial charge in [-0.1, -0.05) is 32.5 Å². The maximum atomic E-state index is 2.75. The molecule has 0 fully saturated rings. The van der Waals surface area contributed by atoms with E-state index in [1.165, 1.54) is 25.9 Å². The summed E-state index contributed by atoms with van der Waals surface area (Å²) in [6.07, 6.45) is 2.69. The minimum atomic E-state index is 0.160. The molecular weight excluding hydrogens is 178 g/mol. The second kappa shape index (κ2) is 9.48. The van der Waals surface area contributed by atoms with Crippen LogP contribution in [0.3, 0.4) is 0 Å². The lowest BCUT2D eigenvalue weighted by molar-refractivity contribution is 0.440. The summed E-state index contributed by atoms with van der Waals surface area (Å²) in [7, 11) is 0.512. The smallest absolute Gasteiger partial charge is 0.0947 e. The van der Waals surface area contributed by atoms with E-state index in [0.717, 1.165) is 0 Å². The van der Waals surface area contributed by atoms with Crippen LogP contribution in [-0.2, 0) is 0 Å². The molecule has 0 aliphatic rings. The summed E-state index contributed by atoms with van der Waals surface area (Å²) in [5.74, 6) is 0. The molecular formula is C9H25NSi2. The molecule has 0 aromatic heterocycles. The van der Waals surface area contributed by atoms with Gasteiger partial charge in [0.25, 0.3) is 0 Å². The van der Waals surface area contributed by atoms with Crippen molar-refractivity contribution >= 4 is 19.2 Å².